The number of halogens is 2. The molecule has 0 amide bonds. The summed E-state index contributed by atoms with van der Waals surface area (Å²) in [5.74, 6) is -0.917. The number of methoxy groups -OCH3 is 1. The molecule has 0 aromatic heterocycles. The van der Waals surface area contributed by atoms with Crippen LogP contribution in [0.2, 0.25) is 0 Å². The third kappa shape index (κ3) is 2.58. The Balaban J connectivity index is 2.96. The van der Waals surface area contributed by atoms with E-state index >= 15 is 0 Å². The SMILES string of the molecule is COc1ccc([C@@H](O)C(Cl)(Cl)C(=O)O)cc1. The first-order valence-corrected chi connectivity index (χ1v) is 5.08. The van der Waals surface area contributed by atoms with Crippen molar-refractivity contribution in [1.82, 2.24) is 0 Å². The van der Waals surface area contributed by atoms with Crippen LogP contribution in [0, 0.1) is 0 Å². The number of hydrogen-bond donors (Lipinski definition) is 2. The largest absolute Gasteiger partial charge is 0.497 e. The van der Waals surface area contributed by atoms with Gasteiger partial charge in [0.25, 0.3) is 0 Å². The molecular formula is C10H10Cl2O4. The minimum atomic E-state index is -2.27. The number of carboxylic acids is 1. The Hall–Kier alpha value is -0.970. The molecule has 0 radical (unpaired) electrons. The Bertz CT molecular complexity index is 375. The van der Waals surface area contributed by atoms with Gasteiger partial charge in [0.15, 0.2) is 0 Å². The summed E-state index contributed by atoms with van der Waals surface area (Å²) in [4.78, 5) is 10.7. The molecule has 0 aliphatic heterocycles. The smallest absolute Gasteiger partial charge is 0.343 e. The van der Waals surface area contributed by atoms with Gasteiger partial charge in [-0.25, -0.2) is 4.79 Å². The number of alkyl halides is 2. The fraction of sp³-hybridized carbons (Fsp3) is 0.300. The first-order valence-electron chi connectivity index (χ1n) is 4.32. The van der Waals surface area contributed by atoms with Gasteiger partial charge in [0.2, 0.25) is 4.33 Å². The van der Waals surface area contributed by atoms with Crippen molar-refractivity contribution in [3.8, 4) is 5.75 Å². The van der Waals surface area contributed by atoms with E-state index in [-0.39, 0.29) is 0 Å². The Kier molecular flexibility index (Phi) is 4.02. The van der Waals surface area contributed by atoms with Crippen molar-refractivity contribution >= 4 is 29.2 Å². The molecule has 0 bridgehead atoms. The number of ether oxygens (including phenoxy) is 1. The quantitative estimate of drug-likeness (QED) is 0.817. The van der Waals surface area contributed by atoms with E-state index < -0.39 is 16.4 Å². The second-order valence-corrected chi connectivity index (χ2v) is 4.49. The van der Waals surface area contributed by atoms with Gasteiger partial charge >= 0.3 is 5.97 Å². The van der Waals surface area contributed by atoms with Gasteiger partial charge in [0, 0.05) is 0 Å². The predicted molar refractivity (Wildman–Crippen MR) is 60.0 cm³/mol. The molecule has 0 saturated heterocycles. The molecule has 1 atom stereocenters. The van der Waals surface area contributed by atoms with E-state index in [0.29, 0.717) is 11.3 Å². The Morgan fingerprint density at radius 2 is 1.88 bits per heavy atom. The third-order valence-electron chi connectivity index (χ3n) is 2.06. The molecule has 0 fully saturated rings. The minimum Gasteiger partial charge on any atom is -0.497 e. The number of aliphatic carboxylic acids is 1. The number of aliphatic hydroxyl groups excluding tert-OH is 1. The van der Waals surface area contributed by atoms with Gasteiger partial charge in [0.1, 0.15) is 11.9 Å². The van der Waals surface area contributed by atoms with Crippen LogP contribution in [-0.4, -0.2) is 27.6 Å². The van der Waals surface area contributed by atoms with Crippen LogP contribution in [0.3, 0.4) is 0 Å². The van der Waals surface area contributed by atoms with Crippen LogP contribution in [0.25, 0.3) is 0 Å². The van der Waals surface area contributed by atoms with Crippen LogP contribution < -0.4 is 4.74 Å². The molecule has 0 aliphatic carbocycles. The Morgan fingerprint density at radius 3 is 2.25 bits per heavy atom. The summed E-state index contributed by atoms with van der Waals surface area (Å²) >= 11 is 11.0. The number of rotatable bonds is 4. The zero-order valence-electron chi connectivity index (χ0n) is 8.35. The molecule has 0 unspecified atom stereocenters. The number of carboxylic acid groups (broad SMARTS) is 1. The summed E-state index contributed by atoms with van der Waals surface area (Å²) in [7, 11) is 1.50. The van der Waals surface area contributed by atoms with E-state index in [1.54, 1.807) is 12.1 Å². The second kappa shape index (κ2) is 4.91. The summed E-state index contributed by atoms with van der Waals surface area (Å²) in [6, 6.07) is 6.13. The van der Waals surface area contributed by atoms with Gasteiger partial charge in [-0.2, -0.15) is 0 Å². The third-order valence-corrected chi connectivity index (χ3v) is 2.80. The monoisotopic (exact) mass is 264 g/mol. The van der Waals surface area contributed by atoms with Gasteiger partial charge in [-0.05, 0) is 17.7 Å². The molecule has 16 heavy (non-hydrogen) atoms. The fourth-order valence-electron chi connectivity index (χ4n) is 1.11. The molecular weight excluding hydrogens is 255 g/mol. The molecule has 2 N–H and O–H groups in total. The number of hydrogen-bond acceptors (Lipinski definition) is 3. The van der Waals surface area contributed by atoms with Gasteiger partial charge in [-0.3, -0.25) is 0 Å². The molecule has 4 nitrogen and oxygen atoms in total. The maximum atomic E-state index is 10.7. The van der Waals surface area contributed by atoms with Gasteiger partial charge < -0.3 is 14.9 Å². The summed E-state index contributed by atoms with van der Waals surface area (Å²) in [6.45, 7) is 0. The Morgan fingerprint density at radius 1 is 1.38 bits per heavy atom. The molecule has 0 aliphatic rings. The molecule has 0 spiro atoms. The average Bonchev–Trinajstić information content (AvgIpc) is 2.28. The summed E-state index contributed by atoms with van der Waals surface area (Å²) in [5.41, 5.74) is 0.299. The van der Waals surface area contributed by atoms with Gasteiger partial charge in [-0.1, -0.05) is 35.3 Å². The van der Waals surface area contributed by atoms with Crippen LogP contribution >= 0.6 is 23.2 Å². The van der Waals surface area contributed by atoms with Crippen LogP contribution in [0.5, 0.6) is 5.75 Å². The summed E-state index contributed by atoms with van der Waals surface area (Å²) in [5, 5.41) is 18.4. The Labute approximate surface area is 102 Å². The average molecular weight is 265 g/mol. The molecule has 1 rings (SSSR count). The fourth-order valence-corrected chi connectivity index (χ4v) is 1.36. The molecule has 1 aromatic rings. The van der Waals surface area contributed by atoms with Crippen LogP contribution in [0.15, 0.2) is 24.3 Å². The van der Waals surface area contributed by atoms with E-state index in [9.17, 15) is 9.90 Å². The lowest BCUT2D eigenvalue weighted by atomic mass is 10.1. The summed E-state index contributed by atoms with van der Waals surface area (Å²) < 4.78 is 2.65. The topological polar surface area (TPSA) is 66.8 Å². The highest BCUT2D eigenvalue weighted by molar-refractivity contribution is 6.57. The lowest BCUT2D eigenvalue weighted by molar-refractivity contribution is -0.140. The molecule has 1 aromatic carbocycles. The first kappa shape index (κ1) is 13.1. The number of aliphatic hydroxyl groups is 1. The first-order chi connectivity index (χ1) is 7.39. The van der Waals surface area contributed by atoms with E-state index in [4.69, 9.17) is 33.0 Å². The van der Waals surface area contributed by atoms with Crippen molar-refractivity contribution in [1.29, 1.82) is 0 Å². The van der Waals surface area contributed by atoms with E-state index in [1.165, 1.54) is 19.2 Å². The standard InChI is InChI=1S/C10H10Cl2O4/c1-16-7-4-2-6(3-5-7)8(13)10(11,12)9(14)15/h2-5,8,13H,1H3,(H,14,15)/t8-/m1/s1. The maximum Gasteiger partial charge on any atom is 0.343 e. The highest BCUT2D eigenvalue weighted by Gasteiger charge is 2.42. The maximum absolute atomic E-state index is 10.7. The zero-order valence-corrected chi connectivity index (χ0v) is 9.87. The van der Waals surface area contributed by atoms with Crippen LogP contribution in [-0.2, 0) is 4.79 Å². The van der Waals surface area contributed by atoms with Crippen molar-refractivity contribution in [2.24, 2.45) is 0 Å². The van der Waals surface area contributed by atoms with Crippen molar-refractivity contribution in [3.05, 3.63) is 29.8 Å². The van der Waals surface area contributed by atoms with E-state index in [1.807, 2.05) is 0 Å². The number of benzene rings is 1. The van der Waals surface area contributed by atoms with Crippen LogP contribution in [0.1, 0.15) is 11.7 Å². The molecule has 0 saturated carbocycles. The highest BCUT2D eigenvalue weighted by Crippen LogP contribution is 2.36. The molecule has 6 heteroatoms. The van der Waals surface area contributed by atoms with Crippen molar-refractivity contribution < 1.29 is 19.7 Å². The normalized spacial score (nSPS) is 13.2. The molecule has 88 valence electrons. The molecule has 0 heterocycles. The predicted octanol–water partition coefficient (Wildman–Crippen LogP) is 1.99. The highest BCUT2D eigenvalue weighted by atomic mass is 35.5. The minimum absolute atomic E-state index is 0.299. The second-order valence-electron chi connectivity index (χ2n) is 3.10. The van der Waals surface area contributed by atoms with Gasteiger partial charge in [0.05, 0.1) is 7.11 Å². The van der Waals surface area contributed by atoms with Crippen molar-refractivity contribution in [3.63, 3.8) is 0 Å². The van der Waals surface area contributed by atoms with Crippen molar-refractivity contribution in [2.75, 3.05) is 7.11 Å². The van der Waals surface area contributed by atoms with E-state index in [2.05, 4.69) is 0 Å². The number of carbonyl (C=O) groups is 1. The lowest BCUT2D eigenvalue weighted by Gasteiger charge is -2.21. The van der Waals surface area contributed by atoms with Crippen molar-refractivity contribution in [2.45, 2.75) is 10.4 Å². The van der Waals surface area contributed by atoms with Crippen LogP contribution in [0.4, 0.5) is 0 Å². The summed E-state index contributed by atoms with van der Waals surface area (Å²) in [6.07, 6.45) is -1.51. The van der Waals surface area contributed by atoms with Gasteiger partial charge in [-0.15, -0.1) is 0 Å². The lowest BCUT2D eigenvalue weighted by Crippen LogP contribution is -2.33. The van der Waals surface area contributed by atoms with E-state index in [0.717, 1.165) is 0 Å². The zero-order chi connectivity index (χ0) is 12.3.